The van der Waals surface area contributed by atoms with Crippen LogP contribution in [0.3, 0.4) is 0 Å². The van der Waals surface area contributed by atoms with Crippen molar-refractivity contribution in [3.05, 3.63) is 63.0 Å². The quantitative estimate of drug-likeness (QED) is 0.646. The average Bonchev–Trinajstić information content (AvgIpc) is 3.04. The third kappa shape index (κ3) is 4.01. The fourth-order valence-electron chi connectivity index (χ4n) is 3.32. The molecule has 29 heavy (non-hydrogen) atoms. The Balaban J connectivity index is 1.63. The number of morpholine rings is 1. The molecule has 0 radical (unpaired) electrons. The summed E-state index contributed by atoms with van der Waals surface area (Å²) in [7, 11) is 0. The number of anilines is 1. The Morgan fingerprint density at radius 3 is 2.90 bits per heavy atom. The number of hydrogen-bond donors (Lipinski definition) is 0. The smallest absolute Gasteiger partial charge is 0.269 e. The number of hydrogen-bond acceptors (Lipinski definition) is 6. The summed E-state index contributed by atoms with van der Waals surface area (Å²) in [6, 6.07) is 5.86. The van der Waals surface area contributed by atoms with E-state index in [2.05, 4.69) is 20.3 Å². The Morgan fingerprint density at radius 2 is 2.17 bits per heavy atom. The van der Waals surface area contributed by atoms with Gasteiger partial charge in [0.2, 0.25) is 0 Å². The molecule has 0 bridgehead atoms. The molecule has 0 spiro atoms. The second-order valence-corrected chi connectivity index (χ2v) is 7.40. The minimum Gasteiger partial charge on any atom is -0.375 e. The van der Waals surface area contributed by atoms with Crippen LogP contribution in [-0.2, 0) is 11.3 Å². The van der Waals surface area contributed by atoms with Crippen LogP contribution in [0.1, 0.15) is 18.3 Å². The van der Waals surface area contributed by atoms with Crippen LogP contribution in [0.15, 0.2) is 35.3 Å². The zero-order chi connectivity index (χ0) is 20.5. The van der Waals surface area contributed by atoms with Crippen molar-refractivity contribution in [1.29, 1.82) is 0 Å². The first-order valence-corrected chi connectivity index (χ1v) is 9.60. The lowest BCUT2D eigenvalue weighted by atomic mass is 10.2. The molecular formula is C19H20ClFN6O2. The lowest BCUT2D eigenvalue weighted by molar-refractivity contribution is 0.0532. The first-order valence-electron chi connectivity index (χ1n) is 9.22. The first kappa shape index (κ1) is 19.5. The third-order valence-electron chi connectivity index (χ3n) is 4.86. The maximum atomic E-state index is 14.4. The van der Waals surface area contributed by atoms with Crippen LogP contribution in [0, 0.1) is 12.7 Å². The van der Waals surface area contributed by atoms with Crippen LogP contribution in [0.2, 0.25) is 5.02 Å². The van der Waals surface area contributed by atoms with Crippen LogP contribution in [0.5, 0.6) is 0 Å². The summed E-state index contributed by atoms with van der Waals surface area (Å²) in [5.74, 6) is -0.527. The molecule has 0 N–H and O–H groups in total. The van der Waals surface area contributed by atoms with E-state index in [1.165, 1.54) is 21.5 Å². The fourth-order valence-corrected chi connectivity index (χ4v) is 3.47. The van der Waals surface area contributed by atoms with Gasteiger partial charge in [-0.2, -0.15) is 5.10 Å². The van der Waals surface area contributed by atoms with Crippen LogP contribution < -0.4 is 10.5 Å². The average molecular weight is 419 g/mol. The van der Waals surface area contributed by atoms with Gasteiger partial charge in [0.25, 0.3) is 5.56 Å². The van der Waals surface area contributed by atoms with E-state index in [1.54, 1.807) is 25.3 Å². The summed E-state index contributed by atoms with van der Waals surface area (Å²) in [5.41, 5.74) is 1.85. The second-order valence-electron chi connectivity index (χ2n) is 6.97. The first-order chi connectivity index (χ1) is 13.9. The van der Waals surface area contributed by atoms with Crippen molar-refractivity contribution in [3.63, 3.8) is 0 Å². The summed E-state index contributed by atoms with van der Waals surface area (Å²) >= 11 is 5.84. The Labute approximate surface area is 171 Å². The lowest BCUT2D eigenvalue weighted by Gasteiger charge is -2.32. The van der Waals surface area contributed by atoms with Gasteiger partial charge in [-0.15, -0.1) is 5.10 Å². The SMILES string of the molecule is Cc1nnn(-c2ccc(Cl)cc2F)c1Cn1ncc(N2CCO[C@@H](C)C2)cc1=O. The van der Waals surface area contributed by atoms with E-state index < -0.39 is 5.82 Å². The van der Waals surface area contributed by atoms with Gasteiger partial charge in [-0.25, -0.2) is 13.8 Å². The number of halogens is 2. The van der Waals surface area contributed by atoms with Gasteiger partial charge >= 0.3 is 0 Å². The van der Waals surface area contributed by atoms with Gasteiger partial charge in [-0.05, 0) is 32.0 Å². The van der Waals surface area contributed by atoms with Crippen molar-refractivity contribution in [2.75, 3.05) is 24.6 Å². The Hall–Kier alpha value is -2.78. The van der Waals surface area contributed by atoms with E-state index in [0.717, 1.165) is 5.69 Å². The van der Waals surface area contributed by atoms with Crippen molar-refractivity contribution in [2.24, 2.45) is 0 Å². The molecule has 3 aromatic rings. The minimum atomic E-state index is -0.527. The van der Waals surface area contributed by atoms with Gasteiger partial charge in [0, 0.05) is 24.2 Å². The predicted molar refractivity (Wildman–Crippen MR) is 106 cm³/mol. The number of benzene rings is 1. The largest absolute Gasteiger partial charge is 0.375 e. The van der Waals surface area contributed by atoms with E-state index in [4.69, 9.17) is 16.3 Å². The molecule has 10 heteroatoms. The topological polar surface area (TPSA) is 78.1 Å². The molecular weight excluding hydrogens is 399 g/mol. The number of nitrogens with zero attached hydrogens (tertiary/aromatic N) is 6. The van der Waals surface area contributed by atoms with Crippen LogP contribution in [-0.4, -0.2) is 50.6 Å². The number of aromatic nitrogens is 5. The molecule has 0 unspecified atom stereocenters. The molecule has 1 saturated heterocycles. The van der Waals surface area contributed by atoms with Gasteiger partial charge in [0.15, 0.2) is 0 Å². The zero-order valence-corrected chi connectivity index (χ0v) is 16.8. The monoisotopic (exact) mass is 418 g/mol. The molecule has 1 aliphatic rings. The van der Waals surface area contributed by atoms with Crippen LogP contribution >= 0.6 is 11.6 Å². The van der Waals surface area contributed by atoms with Gasteiger partial charge in [-0.3, -0.25) is 4.79 Å². The molecule has 8 nitrogen and oxygen atoms in total. The Kier molecular flexibility index (Phi) is 5.33. The summed E-state index contributed by atoms with van der Waals surface area (Å²) in [6.07, 6.45) is 1.76. The van der Waals surface area contributed by atoms with Gasteiger partial charge in [0.1, 0.15) is 11.5 Å². The normalized spacial score (nSPS) is 17.0. The van der Waals surface area contributed by atoms with E-state index in [-0.39, 0.29) is 28.9 Å². The van der Waals surface area contributed by atoms with Crippen molar-refractivity contribution < 1.29 is 9.13 Å². The van der Waals surface area contributed by atoms with E-state index in [9.17, 15) is 9.18 Å². The highest BCUT2D eigenvalue weighted by Gasteiger charge is 2.19. The van der Waals surface area contributed by atoms with Gasteiger partial charge < -0.3 is 9.64 Å². The second kappa shape index (κ2) is 7.92. The third-order valence-corrected chi connectivity index (χ3v) is 5.09. The van der Waals surface area contributed by atoms with Gasteiger partial charge in [-0.1, -0.05) is 16.8 Å². The van der Waals surface area contributed by atoms with Gasteiger partial charge in [0.05, 0.1) is 42.5 Å². The summed E-state index contributed by atoms with van der Waals surface area (Å²) in [4.78, 5) is 14.7. The standard InChI is InChI=1S/C19H20ClFN6O2/c1-12-10-25(5-6-29-12)15-8-19(28)26(22-9-15)11-18-13(2)23-24-27(18)17-4-3-14(20)7-16(17)21/h3-4,7-9,12H,5-6,10-11H2,1-2H3/t12-/m0/s1. The molecule has 2 aromatic heterocycles. The maximum Gasteiger partial charge on any atom is 0.269 e. The summed E-state index contributed by atoms with van der Waals surface area (Å²) < 4.78 is 22.6. The highest BCUT2D eigenvalue weighted by atomic mass is 35.5. The highest BCUT2D eigenvalue weighted by Crippen LogP contribution is 2.20. The van der Waals surface area contributed by atoms with Crippen molar-refractivity contribution in [2.45, 2.75) is 26.5 Å². The van der Waals surface area contributed by atoms with E-state index >= 15 is 0 Å². The summed E-state index contributed by atoms with van der Waals surface area (Å²) in [5, 5.41) is 12.6. The molecule has 1 aliphatic heterocycles. The van der Waals surface area contributed by atoms with E-state index in [0.29, 0.717) is 31.1 Å². The molecule has 1 aromatic carbocycles. The predicted octanol–water partition coefficient (Wildman–Crippen LogP) is 2.20. The highest BCUT2D eigenvalue weighted by molar-refractivity contribution is 6.30. The number of aryl methyl sites for hydroxylation is 1. The minimum absolute atomic E-state index is 0.100. The van der Waals surface area contributed by atoms with Crippen molar-refractivity contribution in [3.8, 4) is 5.69 Å². The molecule has 1 atom stereocenters. The number of rotatable bonds is 4. The lowest BCUT2D eigenvalue weighted by Crippen LogP contribution is -2.42. The molecule has 4 rings (SSSR count). The number of ether oxygens (including phenoxy) is 1. The molecule has 152 valence electrons. The maximum absolute atomic E-state index is 14.4. The Morgan fingerprint density at radius 1 is 1.34 bits per heavy atom. The Bertz CT molecular complexity index is 1100. The van der Waals surface area contributed by atoms with E-state index in [1.807, 2.05) is 6.92 Å². The molecule has 0 amide bonds. The molecule has 3 heterocycles. The van der Waals surface area contributed by atoms with Crippen LogP contribution in [0.25, 0.3) is 5.69 Å². The zero-order valence-electron chi connectivity index (χ0n) is 16.0. The molecule has 1 fully saturated rings. The van der Waals surface area contributed by atoms with Crippen molar-refractivity contribution >= 4 is 17.3 Å². The fraction of sp³-hybridized carbons (Fsp3) is 0.368. The molecule has 0 aliphatic carbocycles. The van der Waals surface area contributed by atoms with Crippen LogP contribution in [0.4, 0.5) is 10.1 Å². The summed E-state index contributed by atoms with van der Waals surface area (Å²) in [6.45, 7) is 5.88. The van der Waals surface area contributed by atoms with Crippen molar-refractivity contribution in [1.82, 2.24) is 24.8 Å². The molecule has 0 saturated carbocycles.